The van der Waals surface area contributed by atoms with E-state index in [9.17, 15) is 0 Å². The van der Waals surface area contributed by atoms with Crippen molar-refractivity contribution in [2.24, 2.45) is 7.05 Å². The Hall–Kier alpha value is -2.69. The number of imidazole rings is 1. The van der Waals surface area contributed by atoms with Gasteiger partial charge in [-0.15, -0.1) is 10.2 Å². The number of aryl methyl sites for hydroxylation is 2. The molecule has 0 saturated carbocycles. The Morgan fingerprint density at radius 2 is 2.05 bits per heavy atom. The molecule has 0 spiro atoms. The predicted molar refractivity (Wildman–Crippen MR) is 85.4 cm³/mol. The summed E-state index contributed by atoms with van der Waals surface area (Å²) >= 11 is 0. The van der Waals surface area contributed by atoms with Gasteiger partial charge in [-0.2, -0.15) is 0 Å². The number of fused-ring (bicyclic) bond motifs is 1. The maximum absolute atomic E-state index is 4.30. The zero-order valence-corrected chi connectivity index (χ0v) is 12.4. The Morgan fingerprint density at radius 3 is 2.82 bits per heavy atom. The van der Waals surface area contributed by atoms with E-state index in [2.05, 4.69) is 44.8 Å². The van der Waals surface area contributed by atoms with Crippen LogP contribution >= 0.6 is 0 Å². The third kappa shape index (κ3) is 2.24. The monoisotopic (exact) mass is 291 g/mol. The normalized spacial score (nSPS) is 16.5. The zero-order chi connectivity index (χ0) is 14.9. The second kappa shape index (κ2) is 5.26. The van der Waals surface area contributed by atoms with Crippen molar-refractivity contribution in [3.63, 3.8) is 0 Å². The van der Waals surface area contributed by atoms with Gasteiger partial charge in [0, 0.05) is 19.4 Å². The van der Waals surface area contributed by atoms with E-state index in [1.165, 1.54) is 11.1 Å². The molecule has 0 amide bonds. The Bertz CT molecular complexity index is 791. The van der Waals surface area contributed by atoms with Gasteiger partial charge in [-0.3, -0.25) is 0 Å². The molecule has 1 aromatic carbocycles. The van der Waals surface area contributed by atoms with Crippen LogP contribution in [0.3, 0.4) is 0 Å². The third-order valence-corrected chi connectivity index (χ3v) is 4.17. The van der Waals surface area contributed by atoms with E-state index in [4.69, 9.17) is 0 Å². The minimum Gasteiger partial charge on any atom is -0.362 e. The van der Waals surface area contributed by atoms with Crippen molar-refractivity contribution < 1.29 is 0 Å². The van der Waals surface area contributed by atoms with Crippen LogP contribution in [0, 0.1) is 0 Å². The van der Waals surface area contributed by atoms with Crippen LogP contribution in [0.25, 0.3) is 11.5 Å². The average molecular weight is 291 g/mol. The molecule has 0 fully saturated rings. The van der Waals surface area contributed by atoms with Crippen LogP contribution in [0.5, 0.6) is 0 Å². The van der Waals surface area contributed by atoms with Crippen LogP contribution < -0.4 is 5.32 Å². The smallest absolute Gasteiger partial charge is 0.160 e. The lowest BCUT2D eigenvalue weighted by Crippen LogP contribution is -2.09. The van der Waals surface area contributed by atoms with E-state index >= 15 is 0 Å². The van der Waals surface area contributed by atoms with Gasteiger partial charge in [0.1, 0.15) is 11.5 Å². The number of aromatic nitrogens is 4. The molecule has 1 atom stereocenters. The molecule has 5 nitrogen and oxygen atoms in total. The molecule has 22 heavy (non-hydrogen) atoms. The Balaban J connectivity index is 1.54. The summed E-state index contributed by atoms with van der Waals surface area (Å²) in [6, 6.07) is 12.8. The molecule has 110 valence electrons. The number of nitrogens with one attached hydrogen (secondary N) is 1. The SMILES string of the molecule is Cn1ccnc1-c1ccc(NC2CCc3ccccc32)nn1. The van der Waals surface area contributed by atoms with E-state index in [1.807, 2.05) is 29.9 Å². The fourth-order valence-electron chi connectivity index (χ4n) is 3.03. The number of hydrogen-bond acceptors (Lipinski definition) is 4. The second-order valence-electron chi connectivity index (χ2n) is 5.60. The average Bonchev–Trinajstić information content (AvgIpc) is 3.15. The van der Waals surface area contributed by atoms with Gasteiger partial charge in [0.05, 0.1) is 6.04 Å². The number of anilines is 1. The molecular weight excluding hydrogens is 274 g/mol. The number of rotatable bonds is 3. The van der Waals surface area contributed by atoms with E-state index in [-0.39, 0.29) is 0 Å². The molecule has 1 N–H and O–H groups in total. The van der Waals surface area contributed by atoms with Crippen LogP contribution in [0.4, 0.5) is 5.82 Å². The van der Waals surface area contributed by atoms with Crippen LogP contribution in [0.1, 0.15) is 23.6 Å². The summed E-state index contributed by atoms with van der Waals surface area (Å²) in [7, 11) is 1.95. The molecule has 5 heteroatoms. The minimum absolute atomic E-state index is 0.324. The summed E-state index contributed by atoms with van der Waals surface area (Å²) < 4.78 is 1.93. The van der Waals surface area contributed by atoms with Gasteiger partial charge in [-0.05, 0) is 36.1 Å². The van der Waals surface area contributed by atoms with Crippen molar-refractivity contribution in [2.45, 2.75) is 18.9 Å². The molecule has 3 aromatic rings. The molecule has 0 bridgehead atoms. The quantitative estimate of drug-likeness (QED) is 0.806. The van der Waals surface area contributed by atoms with Gasteiger partial charge in [-0.1, -0.05) is 24.3 Å². The van der Waals surface area contributed by atoms with E-state index in [0.29, 0.717) is 6.04 Å². The van der Waals surface area contributed by atoms with Crippen LogP contribution in [0.15, 0.2) is 48.8 Å². The molecular formula is C17H17N5. The lowest BCUT2D eigenvalue weighted by atomic mass is 10.1. The van der Waals surface area contributed by atoms with Crippen molar-refractivity contribution in [1.82, 2.24) is 19.7 Å². The van der Waals surface area contributed by atoms with Crippen molar-refractivity contribution in [1.29, 1.82) is 0 Å². The van der Waals surface area contributed by atoms with Crippen LogP contribution in [-0.4, -0.2) is 19.7 Å². The van der Waals surface area contributed by atoms with Crippen LogP contribution in [0.2, 0.25) is 0 Å². The number of hydrogen-bond donors (Lipinski definition) is 1. The lowest BCUT2D eigenvalue weighted by molar-refractivity contribution is 0.753. The van der Waals surface area contributed by atoms with E-state index < -0.39 is 0 Å². The van der Waals surface area contributed by atoms with Gasteiger partial charge in [0.25, 0.3) is 0 Å². The standard InChI is InChI=1S/C17H17N5/c1-22-11-10-18-17(22)15-8-9-16(21-20-15)19-14-7-6-12-4-2-3-5-13(12)14/h2-5,8-11,14H,6-7H2,1H3,(H,19,21). The summed E-state index contributed by atoms with van der Waals surface area (Å²) in [4.78, 5) is 4.29. The topological polar surface area (TPSA) is 55.6 Å². The molecule has 2 aromatic heterocycles. The fraction of sp³-hybridized carbons (Fsp3) is 0.235. The van der Waals surface area contributed by atoms with Gasteiger partial charge < -0.3 is 9.88 Å². The Morgan fingerprint density at radius 1 is 1.14 bits per heavy atom. The van der Waals surface area contributed by atoms with Crippen LogP contribution in [-0.2, 0) is 13.5 Å². The summed E-state index contributed by atoms with van der Waals surface area (Å²) in [5, 5.41) is 12.1. The first-order valence-electron chi connectivity index (χ1n) is 7.47. The minimum atomic E-state index is 0.324. The zero-order valence-electron chi connectivity index (χ0n) is 12.4. The molecule has 0 saturated heterocycles. The van der Waals surface area contributed by atoms with Crippen molar-refractivity contribution >= 4 is 5.82 Å². The molecule has 2 heterocycles. The maximum Gasteiger partial charge on any atom is 0.160 e. The van der Waals surface area contributed by atoms with Crippen molar-refractivity contribution in [3.8, 4) is 11.5 Å². The molecule has 0 aliphatic heterocycles. The maximum atomic E-state index is 4.30. The first-order chi connectivity index (χ1) is 10.8. The largest absolute Gasteiger partial charge is 0.362 e. The highest BCUT2D eigenvalue weighted by Crippen LogP contribution is 2.33. The van der Waals surface area contributed by atoms with Crippen molar-refractivity contribution in [2.75, 3.05) is 5.32 Å². The van der Waals surface area contributed by atoms with E-state index in [1.54, 1.807) is 6.20 Å². The molecule has 1 aliphatic rings. The fourth-order valence-corrected chi connectivity index (χ4v) is 3.03. The second-order valence-corrected chi connectivity index (χ2v) is 5.60. The third-order valence-electron chi connectivity index (χ3n) is 4.17. The van der Waals surface area contributed by atoms with Crippen molar-refractivity contribution in [3.05, 3.63) is 59.9 Å². The first kappa shape index (κ1) is 13.0. The van der Waals surface area contributed by atoms with Gasteiger partial charge in [0.2, 0.25) is 0 Å². The summed E-state index contributed by atoms with van der Waals surface area (Å²) in [6.45, 7) is 0. The molecule has 4 rings (SSSR count). The highest BCUT2D eigenvalue weighted by molar-refractivity contribution is 5.52. The molecule has 1 unspecified atom stereocenters. The summed E-state index contributed by atoms with van der Waals surface area (Å²) in [6.07, 6.45) is 5.88. The summed E-state index contributed by atoms with van der Waals surface area (Å²) in [5.41, 5.74) is 3.58. The molecule has 0 radical (unpaired) electrons. The number of benzene rings is 1. The van der Waals surface area contributed by atoms with Gasteiger partial charge in [-0.25, -0.2) is 4.98 Å². The Labute approximate surface area is 129 Å². The highest BCUT2D eigenvalue weighted by Gasteiger charge is 2.22. The van der Waals surface area contributed by atoms with Gasteiger partial charge >= 0.3 is 0 Å². The lowest BCUT2D eigenvalue weighted by Gasteiger charge is -2.14. The first-order valence-corrected chi connectivity index (χ1v) is 7.47. The number of nitrogens with zero attached hydrogens (tertiary/aromatic N) is 4. The van der Waals surface area contributed by atoms with E-state index in [0.717, 1.165) is 30.2 Å². The molecule has 1 aliphatic carbocycles. The summed E-state index contributed by atoms with van der Waals surface area (Å²) in [5.74, 6) is 1.63. The predicted octanol–water partition coefficient (Wildman–Crippen LogP) is 2.98. The highest BCUT2D eigenvalue weighted by atomic mass is 15.2. The van der Waals surface area contributed by atoms with Gasteiger partial charge in [0.15, 0.2) is 5.82 Å². The Kier molecular flexibility index (Phi) is 3.11.